The first-order chi connectivity index (χ1) is 11.7. The van der Waals surface area contributed by atoms with Gasteiger partial charge in [0, 0.05) is 19.3 Å². The molecule has 0 spiro atoms. The smallest absolute Gasteiger partial charge is 0.253 e. The molecule has 2 aromatic rings. The van der Waals surface area contributed by atoms with Crippen molar-refractivity contribution in [1.82, 2.24) is 15.6 Å². The number of carbonyl (C=O) groups is 2. The van der Waals surface area contributed by atoms with E-state index in [2.05, 4.69) is 27.8 Å². The number of carbonyl (C=O) groups excluding carboxylic acids is 2. The molecule has 1 fully saturated rings. The fourth-order valence-electron chi connectivity index (χ4n) is 2.55. The third-order valence-corrected chi connectivity index (χ3v) is 4.11. The summed E-state index contributed by atoms with van der Waals surface area (Å²) < 4.78 is 0. The van der Waals surface area contributed by atoms with E-state index < -0.39 is 0 Å². The first-order valence-corrected chi connectivity index (χ1v) is 8.23. The van der Waals surface area contributed by atoms with Crippen molar-refractivity contribution in [3.8, 4) is 0 Å². The number of pyridine rings is 1. The summed E-state index contributed by atoms with van der Waals surface area (Å²) in [6.45, 7) is 0. The molecule has 24 heavy (non-hydrogen) atoms. The molecule has 1 aliphatic rings. The second kappa shape index (κ2) is 7.25. The molecule has 1 heterocycles. The zero-order valence-corrected chi connectivity index (χ0v) is 13.7. The van der Waals surface area contributed by atoms with Crippen molar-refractivity contribution >= 4 is 11.8 Å². The number of aryl methyl sites for hydroxylation is 2. The molecule has 5 heteroatoms. The van der Waals surface area contributed by atoms with Crippen molar-refractivity contribution < 1.29 is 9.59 Å². The van der Waals surface area contributed by atoms with E-state index in [0.29, 0.717) is 23.2 Å². The van der Waals surface area contributed by atoms with Crippen LogP contribution < -0.4 is 10.6 Å². The van der Waals surface area contributed by atoms with E-state index in [-0.39, 0.29) is 17.9 Å². The maximum Gasteiger partial charge on any atom is 0.253 e. The Balaban J connectivity index is 1.79. The highest BCUT2D eigenvalue weighted by molar-refractivity contribution is 6.00. The van der Waals surface area contributed by atoms with Gasteiger partial charge in [-0.25, -0.2) is 0 Å². The van der Waals surface area contributed by atoms with E-state index in [1.54, 1.807) is 19.3 Å². The molecular weight excluding hydrogens is 302 g/mol. The van der Waals surface area contributed by atoms with E-state index in [1.165, 1.54) is 5.56 Å². The average Bonchev–Trinajstić information content (AvgIpc) is 3.44. The number of hydrogen-bond donors (Lipinski definition) is 2. The lowest BCUT2D eigenvalue weighted by Crippen LogP contribution is -2.27. The third-order valence-electron chi connectivity index (χ3n) is 4.11. The summed E-state index contributed by atoms with van der Waals surface area (Å²) in [5.74, 6) is -0.378. The van der Waals surface area contributed by atoms with Crippen LogP contribution in [0.4, 0.5) is 0 Å². The second-order valence-electron chi connectivity index (χ2n) is 6.03. The normalized spacial score (nSPS) is 13.4. The first kappa shape index (κ1) is 16.2. The largest absolute Gasteiger partial charge is 0.355 e. The monoisotopic (exact) mass is 323 g/mol. The molecule has 1 aromatic heterocycles. The van der Waals surface area contributed by atoms with Crippen LogP contribution in [0.1, 0.15) is 44.8 Å². The Morgan fingerprint density at radius 3 is 2.54 bits per heavy atom. The fourth-order valence-corrected chi connectivity index (χ4v) is 2.55. The molecule has 0 aliphatic heterocycles. The zero-order valence-electron chi connectivity index (χ0n) is 13.7. The van der Waals surface area contributed by atoms with Crippen LogP contribution in [0.5, 0.6) is 0 Å². The van der Waals surface area contributed by atoms with Gasteiger partial charge in [-0.15, -0.1) is 0 Å². The summed E-state index contributed by atoms with van der Waals surface area (Å²) in [6.07, 6.45) is 5.06. The van der Waals surface area contributed by atoms with Gasteiger partial charge < -0.3 is 10.6 Å². The Morgan fingerprint density at radius 2 is 1.88 bits per heavy atom. The van der Waals surface area contributed by atoms with Crippen LogP contribution in [-0.4, -0.2) is 29.9 Å². The van der Waals surface area contributed by atoms with Crippen LogP contribution in [-0.2, 0) is 12.8 Å². The van der Waals surface area contributed by atoms with E-state index in [4.69, 9.17) is 0 Å². The van der Waals surface area contributed by atoms with Gasteiger partial charge in [0.2, 0.25) is 0 Å². The van der Waals surface area contributed by atoms with Crippen molar-refractivity contribution in [1.29, 1.82) is 0 Å². The molecule has 5 nitrogen and oxygen atoms in total. The molecule has 0 saturated heterocycles. The first-order valence-electron chi connectivity index (χ1n) is 8.23. The number of amides is 2. The van der Waals surface area contributed by atoms with Gasteiger partial charge in [-0.2, -0.15) is 0 Å². The van der Waals surface area contributed by atoms with Gasteiger partial charge in [-0.05, 0) is 37.3 Å². The van der Waals surface area contributed by atoms with Gasteiger partial charge in [0.1, 0.15) is 0 Å². The van der Waals surface area contributed by atoms with E-state index >= 15 is 0 Å². The molecule has 0 bridgehead atoms. The van der Waals surface area contributed by atoms with E-state index in [0.717, 1.165) is 19.3 Å². The molecule has 0 radical (unpaired) electrons. The highest BCUT2D eigenvalue weighted by Gasteiger charge is 2.24. The third kappa shape index (κ3) is 3.98. The van der Waals surface area contributed by atoms with Crippen LogP contribution >= 0.6 is 0 Å². The second-order valence-corrected chi connectivity index (χ2v) is 6.03. The predicted octanol–water partition coefficient (Wildman–Crippen LogP) is 2.12. The lowest BCUT2D eigenvalue weighted by molar-refractivity contribution is 0.0950. The standard InChI is InChI=1S/C19H21N3O2/c1-20-19(24)16-11-14(18(23)22-15-8-9-15)12-21-17(16)10-7-13-5-3-2-4-6-13/h2-6,11-12,15H,7-10H2,1H3,(H,20,24)(H,22,23). The quantitative estimate of drug-likeness (QED) is 0.855. The molecule has 0 unspecified atom stereocenters. The molecule has 2 amide bonds. The number of benzene rings is 1. The zero-order chi connectivity index (χ0) is 16.9. The van der Waals surface area contributed by atoms with Gasteiger partial charge in [-0.3, -0.25) is 14.6 Å². The Morgan fingerprint density at radius 1 is 1.12 bits per heavy atom. The average molecular weight is 323 g/mol. The van der Waals surface area contributed by atoms with Crippen LogP contribution in [0, 0.1) is 0 Å². The lowest BCUT2D eigenvalue weighted by Gasteiger charge is -2.10. The minimum atomic E-state index is -0.216. The van der Waals surface area contributed by atoms with Crippen molar-refractivity contribution in [3.63, 3.8) is 0 Å². The maximum atomic E-state index is 12.2. The van der Waals surface area contributed by atoms with E-state index in [1.807, 2.05) is 18.2 Å². The highest BCUT2D eigenvalue weighted by Crippen LogP contribution is 2.20. The summed E-state index contributed by atoms with van der Waals surface area (Å²) >= 11 is 0. The van der Waals surface area contributed by atoms with Crippen molar-refractivity contribution in [2.45, 2.75) is 31.7 Å². The Bertz CT molecular complexity index is 740. The fraction of sp³-hybridized carbons (Fsp3) is 0.316. The molecule has 1 aliphatic carbocycles. The van der Waals surface area contributed by atoms with Gasteiger partial charge in [0.15, 0.2) is 0 Å². The van der Waals surface area contributed by atoms with Gasteiger partial charge in [-0.1, -0.05) is 30.3 Å². The number of hydrogen-bond acceptors (Lipinski definition) is 3. The van der Waals surface area contributed by atoms with Gasteiger partial charge in [0.05, 0.1) is 16.8 Å². The highest BCUT2D eigenvalue weighted by atomic mass is 16.2. The van der Waals surface area contributed by atoms with Crippen molar-refractivity contribution in [2.24, 2.45) is 0 Å². The molecular formula is C19H21N3O2. The maximum absolute atomic E-state index is 12.2. The molecule has 3 rings (SSSR count). The summed E-state index contributed by atoms with van der Waals surface area (Å²) in [7, 11) is 1.58. The SMILES string of the molecule is CNC(=O)c1cc(C(=O)NC2CC2)cnc1CCc1ccccc1. The lowest BCUT2D eigenvalue weighted by atomic mass is 10.0. The van der Waals surface area contributed by atoms with Crippen LogP contribution in [0.15, 0.2) is 42.6 Å². The summed E-state index contributed by atoms with van der Waals surface area (Å²) in [5, 5.41) is 5.55. The minimum Gasteiger partial charge on any atom is -0.355 e. The van der Waals surface area contributed by atoms with Crippen molar-refractivity contribution in [3.05, 3.63) is 65.0 Å². The molecule has 0 atom stereocenters. The summed E-state index contributed by atoms with van der Waals surface area (Å²) in [6, 6.07) is 12.0. The molecule has 124 valence electrons. The van der Waals surface area contributed by atoms with Gasteiger partial charge >= 0.3 is 0 Å². The summed E-state index contributed by atoms with van der Waals surface area (Å²) in [5.41, 5.74) is 2.81. The number of rotatable bonds is 6. The van der Waals surface area contributed by atoms with Crippen molar-refractivity contribution in [2.75, 3.05) is 7.05 Å². The molecule has 1 saturated carbocycles. The Labute approximate surface area is 141 Å². The Hall–Kier alpha value is -2.69. The number of nitrogens with zero attached hydrogens (tertiary/aromatic N) is 1. The van der Waals surface area contributed by atoms with Crippen LogP contribution in [0.3, 0.4) is 0 Å². The Kier molecular flexibility index (Phi) is 4.89. The number of aromatic nitrogens is 1. The van der Waals surface area contributed by atoms with E-state index in [9.17, 15) is 9.59 Å². The summed E-state index contributed by atoms with van der Waals surface area (Å²) in [4.78, 5) is 28.7. The predicted molar refractivity (Wildman–Crippen MR) is 92.0 cm³/mol. The topological polar surface area (TPSA) is 71.1 Å². The molecule has 2 N–H and O–H groups in total. The molecule has 1 aromatic carbocycles. The van der Waals surface area contributed by atoms with Gasteiger partial charge in [0.25, 0.3) is 11.8 Å². The van der Waals surface area contributed by atoms with Crippen LogP contribution in [0.25, 0.3) is 0 Å². The number of nitrogens with one attached hydrogen (secondary N) is 2. The minimum absolute atomic E-state index is 0.162. The van der Waals surface area contributed by atoms with Crippen LogP contribution in [0.2, 0.25) is 0 Å².